The Morgan fingerprint density at radius 3 is 2.11 bits per heavy atom. The molecule has 0 amide bonds. The van der Waals surface area contributed by atoms with Gasteiger partial charge in [-0.05, 0) is 23.8 Å². The second-order valence-electron chi connectivity index (χ2n) is 3.35. The number of aromatic nitrogens is 1. The highest BCUT2D eigenvalue weighted by atomic mass is 19.5. The number of hydrogen-bond acceptors (Lipinski definition) is 1. The quantitative estimate of drug-likeness (QED) is 0.459. The summed E-state index contributed by atoms with van der Waals surface area (Å²) in [4.78, 5) is 0. The third-order valence-electron chi connectivity index (χ3n) is 2.04. The fraction of sp³-hybridized carbons (Fsp3) is 0.182. The fourth-order valence-electron chi connectivity index (χ4n) is 1.40. The van der Waals surface area contributed by atoms with E-state index in [-0.39, 0.29) is 0 Å². The van der Waals surface area contributed by atoms with Gasteiger partial charge in [0, 0.05) is 0 Å². The minimum Gasteiger partial charge on any atom is -0.418 e. The van der Waals surface area contributed by atoms with Gasteiger partial charge in [-0.1, -0.05) is 18.2 Å². The van der Waals surface area contributed by atoms with Crippen molar-refractivity contribution in [3.63, 3.8) is 0 Å². The van der Waals surface area contributed by atoms with Gasteiger partial charge < -0.3 is 17.3 Å². The molecule has 1 aromatic heterocycles. The van der Waals surface area contributed by atoms with Crippen LogP contribution in [-0.4, -0.2) is 7.25 Å². The summed E-state index contributed by atoms with van der Waals surface area (Å²) in [5.74, 6) is 0. The van der Waals surface area contributed by atoms with Crippen molar-refractivity contribution in [2.75, 3.05) is 0 Å². The Hall–Kier alpha value is -1.79. The first-order chi connectivity index (χ1) is 8.42. The third-order valence-corrected chi connectivity index (χ3v) is 2.04. The minimum atomic E-state index is -6.00. The molecule has 0 unspecified atom stereocenters. The standard InChI is InChI=1S/C11H12NO.BF4/c1-2-12-11(8-9-13-12)10-6-4-3-5-7-10;2-1(3,4)5/h3-9H,2H2,1H3;/q+1;-1. The first-order valence-electron chi connectivity index (χ1n) is 5.32. The van der Waals surface area contributed by atoms with E-state index in [1.165, 1.54) is 5.56 Å². The van der Waals surface area contributed by atoms with Gasteiger partial charge in [-0.2, -0.15) is 0 Å². The molecular weight excluding hydrogens is 249 g/mol. The molecule has 0 atom stereocenters. The molecule has 2 aromatic rings. The normalized spacial score (nSPS) is 10.7. The van der Waals surface area contributed by atoms with Crippen LogP contribution in [0, 0.1) is 0 Å². The minimum absolute atomic E-state index is 0.858. The number of halogens is 4. The monoisotopic (exact) mass is 261 g/mol. The summed E-state index contributed by atoms with van der Waals surface area (Å²) in [5, 5.41) is 0. The van der Waals surface area contributed by atoms with E-state index in [9.17, 15) is 17.3 Å². The Balaban J connectivity index is 0.000000280. The SMILES string of the molecule is CC[n+]1occc1-c1ccccc1.F[B-](F)(F)F. The lowest BCUT2D eigenvalue weighted by Crippen LogP contribution is -2.31. The summed E-state index contributed by atoms with van der Waals surface area (Å²) >= 11 is 0. The van der Waals surface area contributed by atoms with Crippen molar-refractivity contribution < 1.29 is 26.5 Å². The molecule has 2 nitrogen and oxygen atoms in total. The third kappa shape index (κ3) is 5.03. The molecule has 0 aliphatic carbocycles. The zero-order valence-electron chi connectivity index (χ0n) is 9.69. The van der Waals surface area contributed by atoms with E-state index >= 15 is 0 Å². The van der Waals surface area contributed by atoms with Crippen molar-refractivity contribution in [3.05, 3.63) is 42.7 Å². The lowest BCUT2D eigenvalue weighted by molar-refractivity contribution is -0.852. The number of benzene rings is 1. The number of hydrogen-bond donors (Lipinski definition) is 0. The smallest absolute Gasteiger partial charge is 0.418 e. The summed E-state index contributed by atoms with van der Waals surface area (Å²) in [7, 11) is -6.00. The molecular formula is C11H12BF4NO. The highest BCUT2D eigenvalue weighted by molar-refractivity contribution is 6.50. The van der Waals surface area contributed by atoms with Crippen molar-refractivity contribution in [1.82, 2.24) is 0 Å². The van der Waals surface area contributed by atoms with Crippen LogP contribution in [0.25, 0.3) is 11.3 Å². The molecule has 0 aliphatic rings. The first-order valence-corrected chi connectivity index (χ1v) is 5.32. The predicted octanol–water partition coefficient (Wildman–Crippen LogP) is 3.55. The zero-order chi connectivity index (χ0) is 13.6. The van der Waals surface area contributed by atoms with Crippen molar-refractivity contribution in [1.29, 1.82) is 0 Å². The van der Waals surface area contributed by atoms with Gasteiger partial charge in [-0.3, -0.25) is 0 Å². The van der Waals surface area contributed by atoms with Crippen molar-refractivity contribution in [2.24, 2.45) is 0 Å². The molecule has 1 heterocycles. The van der Waals surface area contributed by atoms with E-state index in [4.69, 9.17) is 4.52 Å². The van der Waals surface area contributed by atoms with Crippen LogP contribution in [0.3, 0.4) is 0 Å². The molecule has 2 rings (SSSR count). The van der Waals surface area contributed by atoms with Gasteiger partial charge >= 0.3 is 7.25 Å². The van der Waals surface area contributed by atoms with Gasteiger partial charge in [0.2, 0.25) is 0 Å². The molecule has 7 heteroatoms. The lowest BCUT2D eigenvalue weighted by atomic mass is 10.1. The van der Waals surface area contributed by atoms with Gasteiger partial charge in [-0.25, -0.2) is 4.52 Å². The first kappa shape index (κ1) is 14.3. The van der Waals surface area contributed by atoms with E-state index in [2.05, 4.69) is 19.1 Å². The molecule has 0 radical (unpaired) electrons. The Labute approximate surface area is 102 Å². The average Bonchev–Trinajstić information content (AvgIpc) is 2.76. The van der Waals surface area contributed by atoms with Crippen LogP contribution >= 0.6 is 0 Å². The van der Waals surface area contributed by atoms with E-state index < -0.39 is 7.25 Å². The van der Waals surface area contributed by atoms with Crippen LogP contribution in [-0.2, 0) is 6.54 Å². The Morgan fingerprint density at radius 2 is 1.61 bits per heavy atom. The molecule has 0 N–H and O–H groups in total. The van der Waals surface area contributed by atoms with Gasteiger partial charge in [-0.15, -0.1) is 0 Å². The highest BCUT2D eigenvalue weighted by Crippen LogP contribution is 2.14. The van der Waals surface area contributed by atoms with Crippen LogP contribution < -0.4 is 4.74 Å². The van der Waals surface area contributed by atoms with Gasteiger partial charge in [0.25, 0.3) is 5.69 Å². The molecule has 0 bridgehead atoms. The second-order valence-corrected chi connectivity index (χ2v) is 3.35. The lowest BCUT2D eigenvalue weighted by Gasteiger charge is -1.94. The summed E-state index contributed by atoms with van der Waals surface area (Å²) in [6.45, 7) is 2.92. The van der Waals surface area contributed by atoms with E-state index in [0.717, 1.165) is 12.2 Å². The topological polar surface area (TPSA) is 17.0 Å². The molecule has 0 saturated carbocycles. The van der Waals surface area contributed by atoms with E-state index in [1.54, 1.807) is 6.26 Å². The summed E-state index contributed by atoms with van der Waals surface area (Å²) in [6, 6.07) is 12.2. The predicted molar refractivity (Wildman–Crippen MR) is 60.2 cm³/mol. The summed E-state index contributed by atoms with van der Waals surface area (Å²) < 4.78 is 46.2. The molecule has 0 spiro atoms. The van der Waals surface area contributed by atoms with Crippen LogP contribution in [0.1, 0.15) is 6.92 Å². The summed E-state index contributed by atoms with van der Waals surface area (Å²) in [5.41, 5.74) is 2.32. The van der Waals surface area contributed by atoms with E-state index in [1.807, 2.05) is 29.0 Å². The number of nitrogens with zero attached hydrogens (tertiary/aromatic N) is 1. The number of rotatable bonds is 2. The van der Waals surface area contributed by atoms with Crippen molar-refractivity contribution in [2.45, 2.75) is 13.5 Å². The Bertz CT molecular complexity index is 463. The molecule has 98 valence electrons. The average molecular weight is 261 g/mol. The van der Waals surface area contributed by atoms with Gasteiger partial charge in [0.15, 0.2) is 12.8 Å². The maximum Gasteiger partial charge on any atom is 0.673 e. The molecule has 1 aromatic carbocycles. The van der Waals surface area contributed by atoms with Crippen LogP contribution in [0.4, 0.5) is 17.3 Å². The summed E-state index contributed by atoms with van der Waals surface area (Å²) in [6.07, 6.45) is 1.71. The maximum atomic E-state index is 9.75. The Morgan fingerprint density at radius 1 is 1.06 bits per heavy atom. The molecule has 18 heavy (non-hydrogen) atoms. The highest BCUT2D eigenvalue weighted by Gasteiger charge is 2.20. The molecule has 0 saturated heterocycles. The van der Waals surface area contributed by atoms with Crippen molar-refractivity contribution in [3.8, 4) is 11.3 Å². The maximum absolute atomic E-state index is 9.75. The number of aryl methyl sites for hydroxylation is 1. The Kier molecular flexibility index (Phi) is 4.94. The van der Waals surface area contributed by atoms with Crippen LogP contribution in [0.15, 0.2) is 47.2 Å². The largest absolute Gasteiger partial charge is 0.673 e. The van der Waals surface area contributed by atoms with Crippen LogP contribution in [0.2, 0.25) is 0 Å². The van der Waals surface area contributed by atoms with Gasteiger partial charge in [0.1, 0.15) is 0 Å². The van der Waals surface area contributed by atoms with E-state index in [0.29, 0.717) is 0 Å². The van der Waals surface area contributed by atoms with Gasteiger partial charge in [0.05, 0.1) is 11.6 Å². The molecule has 0 fully saturated rings. The molecule has 0 aliphatic heterocycles. The second kappa shape index (κ2) is 6.23. The fourth-order valence-corrected chi connectivity index (χ4v) is 1.40. The van der Waals surface area contributed by atoms with Crippen molar-refractivity contribution >= 4 is 7.25 Å². The zero-order valence-corrected chi connectivity index (χ0v) is 9.69. The van der Waals surface area contributed by atoms with Crippen LogP contribution in [0.5, 0.6) is 0 Å².